The summed E-state index contributed by atoms with van der Waals surface area (Å²) < 4.78 is 0. The second-order valence-corrected chi connectivity index (χ2v) is 4.74. The third kappa shape index (κ3) is 1.93. The van der Waals surface area contributed by atoms with Gasteiger partial charge in [0, 0.05) is 17.1 Å². The maximum Gasteiger partial charge on any atom is 0.273 e. The fourth-order valence-corrected chi connectivity index (χ4v) is 2.36. The van der Waals surface area contributed by atoms with Crippen LogP contribution in [-0.2, 0) is 0 Å². The van der Waals surface area contributed by atoms with Crippen LogP contribution >= 0.6 is 0 Å². The summed E-state index contributed by atoms with van der Waals surface area (Å²) in [6, 6.07) is 13.4. The summed E-state index contributed by atoms with van der Waals surface area (Å²) in [6.45, 7) is 0. The molecule has 0 bridgehead atoms. The molecular weight excluding hydrogens is 266 g/mol. The van der Waals surface area contributed by atoms with Gasteiger partial charge in [0.15, 0.2) is 0 Å². The molecule has 0 saturated carbocycles. The van der Waals surface area contributed by atoms with Crippen LogP contribution in [0, 0.1) is 0 Å². The number of hydrogen-bond donors (Lipinski definition) is 3. The summed E-state index contributed by atoms with van der Waals surface area (Å²) in [4.78, 5) is 15.3. The molecule has 1 aromatic carbocycles. The van der Waals surface area contributed by atoms with E-state index in [2.05, 4.69) is 25.4 Å². The Morgan fingerprint density at radius 2 is 1.86 bits per heavy atom. The van der Waals surface area contributed by atoms with Gasteiger partial charge >= 0.3 is 0 Å². The van der Waals surface area contributed by atoms with Gasteiger partial charge in [0.1, 0.15) is 5.69 Å². The number of nitrogens with zero attached hydrogens (tertiary/aromatic N) is 2. The predicted molar refractivity (Wildman–Crippen MR) is 79.7 cm³/mol. The van der Waals surface area contributed by atoms with E-state index >= 15 is 0 Å². The number of H-pyrrole nitrogens is 3. The minimum Gasteiger partial charge on any atom is -0.354 e. The molecule has 3 aromatic heterocycles. The average molecular weight is 277 g/mol. The molecule has 0 radical (unpaired) electrons. The number of nitrogens with one attached hydrogen (secondary N) is 3. The van der Waals surface area contributed by atoms with Gasteiger partial charge in [-0.15, -0.1) is 0 Å². The van der Waals surface area contributed by atoms with Gasteiger partial charge in [-0.1, -0.05) is 18.2 Å². The standard InChI is InChI=1S/C15H11N5O/c21-15-10(8-14(19-20-15)12-5-6-16-18-12)13-7-9-3-1-2-4-11(9)17-13/h1-8,17H,(H,16,18)(H,20,21). The molecule has 0 aliphatic carbocycles. The van der Waals surface area contributed by atoms with E-state index in [1.807, 2.05) is 30.3 Å². The summed E-state index contributed by atoms with van der Waals surface area (Å²) in [7, 11) is 0. The van der Waals surface area contributed by atoms with Gasteiger partial charge in [0.25, 0.3) is 5.56 Å². The van der Waals surface area contributed by atoms with Crippen LogP contribution in [0.25, 0.3) is 33.5 Å². The average Bonchev–Trinajstić information content (AvgIpc) is 3.17. The Morgan fingerprint density at radius 3 is 2.67 bits per heavy atom. The zero-order valence-electron chi connectivity index (χ0n) is 10.9. The lowest BCUT2D eigenvalue weighted by atomic mass is 10.1. The lowest BCUT2D eigenvalue weighted by Crippen LogP contribution is -2.11. The van der Waals surface area contributed by atoms with E-state index in [1.54, 1.807) is 18.3 Å². The molecule has 4 aromatic rings. The van der Waals surface area contributed by atoms with Crippen molar-refractivity contribution < 1.29 is 0 Å². The number of para-hydroxylation sites is 1. The van der Waals surface area contributed by atoms with Gasteiger partial charge in [0.2, 0.25) is 0 Å². The quantitative estimate of drug-likeness (QED) is 0.525. The highest BCUT2D eigenvalue weighted by molar-refractivity contribution is 5.86. The molecule has 0 saturated heterocycles. The van der Waals surface area contributed by atoms with E-state index in [9.17, 15) is 4.79 Å². The highest BCUT2D eigenvalue weighted by atomic mass is 16.1. The van der Waals surface area contributed by atoms with Gasteiger partial charge < -0.3 is 4.98 Å². The summed E-state index contributed by atoms with van der Waals surface area (Å²) >= 11 is 0. The van der Waals surface area contributed by atoms with E-state index < -0.39 is 0 Å². The Bertz CT molecular complexity index is 932. The van der Waals surface area contributed by atoms with Gasteiger partial charge in [-0.25, -0.2) is 5.10 Å². The number of aromatic amines is 3. The van der Waals surface area contributed by atoms with E-state index in [-0.39, 0.29) is 5.56 Å². The topological polar surface area (TPSA) is 90.2 Å². The van der Waals surface area contributed by atoms with Crippen molar-refractivity contribution in [3.8, 4) is 22.6 Å². The largest absolute Gasteiger partial charge is 0.354 e. The zero-order chi connectivity index (χ0) is 14.2. The summed E-state index contributed by atoms with van der Waals surface area (Å²) in [5.41, 5.74) is 3.47. The first kappa shape index (κ1) is 11.7. The van der Waals surface area contributed by atoms with Crippen LogP contribution in [0.2, 0.25) is 0 Å². The lowest BCUT2D eigenvalue weighted by molar-refractivity contribution is 0.983. The second kappa shape index (κ2) is 4.45. The molecular formula is C15H11N5O. The molecule has 0 amide bonds. The van der Waals surface area contributed by atoms with Gasteiger partial charge in [-0.3, -0.25) is 9.89 Å². The molecule has 21 heavy (non-hydrogen) atoms. The van der Waals surface area contributed by atoms with Crippen LogP contribution in [0.1, 0.15) is 0 Å². The molecule has 6 heteroatoms. The van der Waals surface area contributed by atoms with E-state index in [0.717, 1.165) is 22.3 Å². The second-order valence-electron chi connectivity index (χ2n) is 4.74. The van der Waals surface area contributed by atoms with Crippen LogP contribution in [0.3, 0.4) is 0 Å². The fraction of sp³-hybridized carbons (Fsp3) is 0. The Kier molecular flexibility index (Phi) is 2.47. The first-order valence-corrected chi connectivity index (χ1v) is 6.49. The minimum absolute atomic E-state index is 0.232. The Labute approximate surface area is 118 Å². The van der Waals surface area contributed by atoms with Crippen LogP contribution in [0.15, 0.2) is 53.5 Å². The van der Waals surface area contributed by atoms with E-state index in [0.29, 0.717) is 11.3 Å². The third-order valence-corrected chi connectivity index (χ3v) is 3.40. The Hall–Kier alpha value is -3.15. The van der Waals surface area contributed by atoms with Crippen LogP contribution in [-0.4, -0.2) is 25.4 Å². The monoisotopic (exact) mass is 277 g/mol. The molecule has 0 spiro atoms. The number of hydrogen-bond acceptors (Lipinski definition) is 3. The number of rotatable bonds is 2. The van der Waals surface area contributed by atoms with Gasteiger partial charge in [-0.2, -0.15) is 10.2 Å². The van der Waals surface area contributed by atoms with Crippen molar-refractivity contribution in [3.63, 3.8) is 0 Å². The third-order valence-electron chi connectivity index (χ3n) is 3.40. The van der Waals surface area contributed by atoms with Crippen LogP contribution < -0.4 is 5.56 Å². The van der Waals surface area contributed by atoms with E-state index in [1.165, 1.54) is 0 Å². The molecule has 3 heterocycles. The van der Waals surface area contributed by atoms with Gasteiger partial charge in [0.05, 0.1) is 17.0 Å². The molecule has 0 unspecified atom stereocenters. The van der Waals surface area contributed by atoms with Crippen molar-refractivity contribution in [2.45, 2.75) is 0 Å². The Morgan fingerprint density at radius 1 is 0.952 bits per heavy atom. The summed E-state index contributed by atoms with van der Waals surface area (Å²) in [5, 5.41) is 14.4. The van der Waals surface area contributed by atoms with Crippen molar-refractivity contribution in [2.75, 3.05) is 0 Å². The van der Waals surface area contributed by atoms with Crippen LogP contribution in [0.4, 0.5) is 0 Å². The fourth-order valence-electron chi connectivity index (χ4n) is 2.36. The number of fused-ring (bicyclic) bond motifs is 1. The minimum atomic E-state index is -0.232. The smallest absolute Gasteiger partial charge is 0.273 e. The van der Waals surface area contributed by atoms with Crippen molar-refractivity contribution in [2.24, 2.45) is 0 Å². The first-order valence-electron chi connectivity index (χ1n) is 6.49. The predicted octanol–water partition coefficient (Wildman–Crippen LogP) is 2.31. The molecule has 4 rings (SSSR count). The van der Waals surface area contributed by atoms with E-state index in [4.69, 9.17) is 0 Å². The highest BCUT2D eigenvalue weighted by Gasteiger charge is 2.10. The normalized spacial score (nSPS) is 11.0. The molecule has 3 N–H and O–H groups in total. The van der Waals surface area contributed by atoms with Crippen LogP contribution in [0.5, 0.6) is 0 Å². The molecule has 6 nitrogen and oxygen atoms in total. The molecule has 0 fully saturated rings. The number of aromatic nitrogens is 5. The zero-order valence-corrected chi connectivity index (χ0v) is 10.9. The SMILES string of the molecule is O=c1[nH]nc(-c2ccn[nH]2)cc1-c1cc2ccccc2[nH]1. The molecule has 0 atom stereocenters. The first-order chi connectivity index (χ1) is 10.3. The Balaban J connectivity index is 1.91. The number of benzene rings is 1. The van der Waals surface area contributed by atoms with Crippen molar-refractivity contribution in [1.82, 2.24) is 25.4 Å². The highest BCUT2D eigenvalue weighted by Crippen LogP contribution is 2.23. The summed E-state index contributed by atoms with van der Waals surface area (Å²) in [6.07, 6.45) is 1.64. The maximum atomic E-state index is 12.1. The summed E-state index contributed by atoms with van der Waals surface area (Å²) in [5.74, 6) is 0. The molecule has 0 aliphatic rings. The molecule has 0 aliphatic heterocycles. The van der Waals surface area contributed by atoms with Crippen molar-refractivity contribution >= 4 is 10.9 Å². The van der Waals surface area contributed by atoms with Crippen molar-refractivity contribution in [1.29, 1.82) is 0 Å². The van der Waals surface area contributed by atoms with Gasteiger partial charge in [-0.05, 0) is 24.3 Å². The maximum absolute atomic E-state index is 12.1. The lowest BCUT2D eigenvalue weighted by Gasteiger charge is -2.00. The molecule has 102 valence electrons. The van der Waals surface area contributed by atoms with Crippen molar-refractivity contribution in [3.05, 3.63) is 59.0 Å².